The van der Waals surface area contributed by atoms with Gasteiger partial charge in [-0.3, -0.25) is 0 Å². The molecule has 2 aromatic rings. The Morgan fingerprint density at radius 3 is 1.78 bits per heavy atom. The molecule has 0 amide bonds. The Bertz CT molecular complexity index is 694. The largest absolute Gasteiger partial charge is 0.407 e. The van der Waals surface area contributed by atoms with Crippen LogP contribution in [0.5, 0.6) is 0 Å². The molecular weight excluding hydrogens is 348 g/mol. The van der Waals surface area contributed by atoms with Crippen molar-refractivity contribution in [2.24, 2.45) is 11.8 Å². The Kier molecular flexibility index (Phi) is 6.35. The van der Waals surface area contributed by atoms with Crippen LogP contribution in [0.15, 0.2) is 72.8 Å². The normalized spacial score (nSPS) is 20.6. The van der Waals surface area contributed by atoms with Gasteiger partial charge in [0.25, 0.3) is 8.32 Å². The maximum Gasteiger partial charge on any atom is 0.261 e. The Hall–Kier alpha value is -1.68. The highest BCUT2D eigenvalue weighted by Crippen LogP contribution is 2.38. The van der Waals surface area contributed by atoms with Crippen molar-refractivity contribution in [2.45, 2.75) is 38.7 Å². The number of hydrogen-bond donors (Lipinski definition) is 1. The van der Waals surface area contributed by atoms with Crippen molar-refractivity contribution >= 4 is 18.7 Å². The number of aliphatic hydroxyl groups is 1. The predicted molar refractivity (Wildman–Crippen MR) is 116 cm³/mol. The zero-order valence-corrected chi connectivity index (χ0v) is 17.8. The lowest BCUT2D eigenvalue weighted by atomic mass is 9.84. The molecule has 0 aliphatic heterocycles. The first-order chi connectivity index (χ1) is 13.0. The van der Waals surface area contributed by atoms with E-state index < -0.39 is 8.32 Å². The smallest absolute Gasteiger partial charge is 0.261 e. The van der Waals surface area contributed by atoms with Crippen LogP contribution in [-0.4, -0.2) is 26.6 Å². The van der Waals surface area contributed by atoms with Gasteiger partial charge in [0.1, 0.15) is 0 Å². The van der Waals surface area contributed by atoms with Crippen LogP contribution in [0.4, 0.5) is 0 Å². The van der Waals surface area contributed by atoms with E-state index in [4.69, 9.17) is 4.43 Å². The lowest BCUT2D eigenvalue weighted by Crippen LogP contribution is -2.67. The van der Waals surface area contributed by atoms with Gasteiger partial charge in [0, 0.05) is 13.2 Å². The van der Waals surface area contributed by atoms with Crippen LogP contribution in [0.1, 0.15) is 33.6 Å². The molecule has 0 radical (unpaired) electrons. The molecule has 144 valence electrons. The van der Waals surface area contributed by atoms with E-state index >= 15 is 0 Å². The summed E-state index contributed by atoms with van der Waals surface area (Å²) in [5.74, 6) is 0.676. The van der Waals surface area contributed by atoms with E-state index in [-0.39, 0.29) is 11.6 Å². The van der Waals surface area contributed by atoms with Crippen molar-refractivity contribution in [2.75, 3.05) is 13.2 Å². The summed E-state index contributed by atoms with van der Waals surface area (Å²) < 4.78 is 7.03. The van der Waals surface area contributed by atoms with E-state index in [1.165, 1.54) is 10.4 Å². The molecule has 0 spiro atoms. The molecule has 0 unspecified atom stereocenters. The fourth-order valence-corrected chi connectivity index (χ4v) is 8.97. The first-order valence-corrected chi connectivity index (χ1v) is 11.9. The van der Waals surface area contributed by atoms with Crippen molar-refractivity contribution in [3.05, 3.63) is 72.8 Å². The topological polar surface area (TPSA) is 29.5 Å². The lowest BCUT2D eigenvalue weighted by molar-refractivity contribution is 0.123. The van der Waals surface area contributed by atoms with Crippen molar-refractivity contribution in [1.82, 2.24) is 0 Å². The SMILES string of the molecule is CC(C)(C)[Si](OC[C@@H]1CC=CC[C@@H]1CO)(c1ccccc1)c1ccccc1. The van der Waals surface area contributed by atoms with Gasteiger partial charge in [0.2, 0.25) is 0 Å². The summed E-state index contributed by atoms with van der Waals surface area (Å²) in [5, 5.41) is 12.4. The molecule has 3 heteroatoms. The first-order valence-electron chi connectivity index (χ1n) is 10.00. The molecule has 27 heavy (non-hydrogen) atoms. The second kappa shape index (κ2) is 8.55. The van der Waals surface area contributed by atoms with Crippen LogP contribution in [0.25, 0.3) is 0 Å². The monoisotopic (exact) mass is 380 g/mol. The molecule has 0 heterocycles. The summed E-state index contributed by atoms with van der Waals surface area (Å²) in [6.07, 6.45) is 6.38. The summed E-state index contributed by atoms with van der Waals surface area (Å²) in [6, 6.07) is 21.6. The van der Waals surface area contributed by atoms with Gasteiger partial charge in [-0.25, -0.2) is 0 Å². The summed E-state index contributed by atoms with van der Waals surface area (Å²) in [5.41, 5.74) is 0. The van der Waals surface area contributed by atoms with Gasteiger partial charge >= 0.3 is 0 Å². The van der Waals surface area contributed by atoms with Gasteiger partial charge in [-0.15, -0.1) is 0 Å². The molecule has 1 aliphatic carbocycles. The summed E-state index contributed by atoms with van der Waals surface area (Å²) >= 11 is 0. The highest BCUT2D eigenvalue weighted by molar-refractivity contribution is 6.99. The van der Waals surface area contributed by atoms with Crippen LogP contribution >= 0.6 is 0 Å². The number of aliphatic hydroxyl groups excluding tert-OH is 1. The van der Waals surface area contributed by atoms with Crippen molar-refractivity contribution < 1.29 is 9.53 Å². The van der Waals surface area contributed by atoms with E-state index in [1.54, 1.807) is 0 Å². The van der Waals surface area contributed by atoms with E-state index in [9.17, 15) is 5.11 Å². The minimum atomic E-state index is -2.48. The van der Waals surface area contributed by atoms with Gasteiger partial charge in [-0.2, -0.15) is 0 Å². The maximum absolute atomic E-state index is 9.81. The highest BCUT2D eigenvalue weighted by atomic mass is 28.4. The number of rotatable bonds is 6. The Morgan fingerprint density at radius 2 is 1.33 bits per heavy atom. The van der Waals surface area contributed by atoms with Gasteiger partial charge in [-0.05, 0) is 40.1 Å². The quantitative estimate of drug-likeness (QED) is 0.603. The Labute approximate surface area is 165 Å². The molecule has 0 aromatic heterocycles. The second-order valence-corrected chi connectivity index (χ2v) is 12.9. The fourth-order valence-electron chi connectivity index (χ4n) is 4.35. The third-order valence-corrected chi connectivity index (χ3v) is 10.9. The molecule has 0 fully saturated rings. The number of benzene rings is 2. The Morgan fingerprint density at radius 1 is 0.852 bits per heavy atom. The standard InChI is InChI=1S/C24H32O2Si/c1-24(2,3)27(22-14-6-4-7-15-22,23-16-8-5-9-17-23)26-19-21-13-11-10-12-20(21)18-25/h4-11,14-17,20-21,25H,12-13,18-19H2,1-3H3/t20-,21+/m1/s1. The highest BCUT2D eigenvalue weighted by Gasteiger charge is 2.50. The van der Waals surface area contributed by atoms with Crippen LogP contribution in [0.2, 0.25) is 5.04 Å². The molecule has 2 aromatic carbocycles. The van der Waals surface area contributed by atoms with Crippen LogP contribution < -0.4 is 10.4 Å². The molecule has 1 N–H and O–H groups in total. The van der Waals surface area contributed by atoms with Crippen molar-refractivity contribution in [3.8, 4) is 0 Å². The van der Waals surface area contributed by atoms with Crippen molar-refractivity contribution in [1.29, 1.82) is 0 Å². The van der Waals surface area contributed by atoms with E-state index in [0.717, 1.165) is 12.8 Å². The van der Waals surface area contributed by atoms with Gasteiger partial charge in [0.05, 0.1) is 0 Å². The zero-order valence-electron chi connectivity index (χ0n) is 16.8. The minimum Gasteiger partial charge on any atom is -0.407 e. The molecule has 3 rings (SSSR count). The summed E-state index contributed by atoms with van der Waals surface area (Å²) in [7, 11) is -2.48. The molecule has 0 saturated carbocycles. The Balaban J connectivity index is 2.03. The van der Waals surface area contributed by atoms with E-state index in [0.29, 0.717) is 18.4 Å². The van der Waals surface area contributed by atoms with Gasteiger partial charge in [0.15, 0.2) is 0 Å². The molecular formula is C24H32O2Si. The van der Waals surface area contributed by atoms with E-state index in [1.807, 2.05) is 0 Å². The molecule has 1 aliphatic rings. The third-order valence-electron chi connectivity index (χ3n) is 5.88. The molecule has 0 bridgehead atoms. The third kappa shape index (κ3) is 4.10. The lowest BCUT2D eigenvalue weighted by Gasteiger charge is -2.44. The summed E-state index contributed by atoms with van der Waals surface area (Å²) in [4.78, 5) is 0. The molecule has 0 saturated heterocycles. The van der Waals surface area contributed by atoms with Gasteiger partial charge < -0.3 is 9.53 Å². The van der Waals surface area contributed by atoms with E-state index in [2.05, 4.69) is 93.6 Å². The van der Waals surface area contributed by atoms with Crippen LogP contribution in [-0.2, 0) is 4.43 Å². The van der Waals surface area contributed by atoms with Crippen LogP contribution in [0.3, 0.4) is 0 Å². The van der Waals surface area contributed by atoms with Crippen LogP contribution in [0, 0.1) is 11.8 Å². The molecule has 2 nitrogen and oxygen atoms in total. The predicted octanol–water partition coefficient (Wildman–Crippen LogP) is 4.14. The maximum atomic E-state index is 9.81. The number of hydrogen-bond acceptors (Lipinski definition) is 2. The fraction of sp³-hybridized carbons (Fsp3) is 0.417. The second-order valence-electron chi connectivity index (χ2n) is 8.62. The zero-order chi connectivity index (χ0) is 19.3. The molecule has 2 atom stereocenters. The minimum absolute atomic E-state index is 0.00504. The average Bonchev–Trinajstić information content (AvgIpc) is 2.69. The average molecular weight is 381 g/mol. The summed E-state index contributed by atoms with van der Waals surface area (Å²) in [6.45, 7) is 7.86. The first kappa shape index (κ1) is 20.1. The van der Waals surface area contributed by atoms with Gasteiger partial charge in [-0.1, -0.05) is 93.6 Å². The van der Waals surface area contributed by atoms with Crippen molar-refractivity contribution in [3.63, 3.8) is 0 Å². The number of allylic oxidation sites excluding steroid dienone is 2.